The second-order valence-electron chi connectivity index (χ2n) is 9.47. The van der Waals surface area contributed by atoms with Gasteiger partial charge in [-0.25, -0.2) is 0 Å². The van der Waals surface area contributed by atoms with Gasteiger partial charge < -0.3 is 9.64 Å². The van der Waals surface area contributed by atoms with Crippen LogP contribution >= 0.6 is 0 Å². The zero-order valence-electron chi connectivity index (χ0n) is 20.5. The van der Waals surface area contributed by atoms with Crippen molar-refractivity contribution in [3.63, 3.8) is 0 Å². The Morgan fingerprint density at radius 3 is 1.97 bits per heavy atom. The van der Waals surface area contributed by atoms with Gasteiger partial charge in [-0.2, -0.15) is 0 Å². The topological polar surface area (TPSA) is 66.9 Å². The molecule has 1 aliphatic heterocycles. The molecule has 1 fully saturated rings. The molecular weight excluding hydrogens is 452 g/mol. The monoisotopic (exact) mass is 482 g/mol. The molecule has 0 N–H and O–H groups in total. The van der Waals surface area contributed by atoms with Crippen molar-refractivity contribution >= 4 is 23.0 Å². The zero-order chi connectivity index (χ0) is 25.1. The van der Waals surface area contributed by atoms with Crippen molar-refractivity contribution in [2.45, 2.75) is 18.3 Å². The van der Waals surface area contributed by atoms with Crippen LogP contribution in [-0.2, 0) is 10.2 Å². The second-order valence-corrected chi connectivity index (χ2v) is 9.47. The third-order valence-electron chi connectivity index (χ3n) is 7.44. The number of nitrogens with zero attached hydrogens (tertiary/aromatic N) is 2. The highest BCUT2D eigenvalue weighted by Gasteiger charge is 2.54. The van der Waals surface area contributed by atoms with Gasteiger partial charge in [-0.05, 0) is 29.8 Å². The predicted molar refractivity (Wildman–Crippen MR) is 139 cm³/mol. The fraction of sp³-hybridized carbons (Fsp3) is 0.300. The molecule has 0 atom stereocenters. The lowest BCUT2D eigenvalue weighted by Gasteiger charge is -2.36. The molecule has 36 heavy (non-hydrogen) atoms. The number of ether oxygens (including phenoxy) is 1. The number of benzene rings is 3. The smallest absolute Gasteiger partial charge is 0.182 e. The summed E-state index contributed by atoms with van der Waals surface area (Å²) in [6.45, 7) is 4.08. The van der Waals surface area contributed by atoms with Crippen molar-refractivity contribution in [3.05, 3.63) is 95.6 Å². The largest absolute Gasteiger partial charge is 0.497 e. The summed E-state index contributed by atoms with van der Waals surface area (Å²) in [5.74, 6) is 0.240. The van der Waals surface area contributed by atoms with Crippen molar-refractivity contribution in [1.82, 2.24) is 4.90 Å². The van der Waals surface area contributed by atoms with Crippen LogP contribution in [0, 0.1) is 0 Å². The number of hydrogen-bond donors (Lipinski definition) is 0. The van der Waals surface area contributed by atoms with E-state index in [0.717, 1.165) is 37.6 Å². The molecule has 3 aromatic rings. The van der Waals surface area contributed by atoms with Crippen molar-refractivity contribution in [2.75, 3.05) is 44.7 Å². The van der Waals surface area contributed by atoms with Crippen molar-refractivity contribution in [1.29, 1.82) is 0 Å². The fourth-order valence-corrected chi connectivity index (χ4v) is 5.38. The van der Waals surface area contributed by atoms with E-state index >= 15 is 0 Å². The lowest BCUT2D eigenvalue weighted by molar-refractivity contribution is -0.120. The third kappa shape index (κ3) is 4.33. The highest BCUT2D eigenvalue weighted by molar-refractivity contribution is 6.34. The Balaban J connectivity index is 1.24. The minimum absolute atomic E-state index is 0.0639. The van der Waals surface area contributed by atoms with Crippen molar-refractivity contribution in [3.8, 4) is 5.75 Å². The van der Waals surface area contributed by atoms with E-state index in [1.165, 1.54) is 0 Å². The van der Waals surface area contributed by atoms with Crippen molar-refractivity contribution in [2.24, 2.45) is 0 Å². The highest BCUT2D eigenvalue weighted by Crippen LogP contribution is 2.42. The average molecular weight is 483 g/mol. The minimum atomic E-state index is -1.46. The van der Waals surface area contributed by atoms with Crippen LogP contribution in [0.25, 0.3) is 0 Å². The number of rotatable bonds is 8. The molecule has 2 aliphatic rings. The number of Topliss-reactive ketones (excluding diaryl/α,β-unsaturated/α-hetero) is 3. The highest BCUT2D eigenvalue weighted by atomic mass is 16.5. The van der Waals surface area contributed by atoms with Gasteiger partial charge in [0.25, 0.3) is 0 Å². The van der Waals surface area contributed by atoms with E-state index in [1.54, 1.807) is 43.5 Å². The van der Waals surface area contributed by atoms with Crippen LogP contribution in [0.1, 0.15) is 39.1 Å². The minimum Gasteiger partial charge on any atom is -0.497 e. The molecule has 0 unspecified atom stereocenters. The molecule has 6 nitrogen and oxygen atoms in total. The van der Waals surface area contributed by atoms with Gasteiger partial charge in [0.15, 0.2) is 11.6 Å². The number of carbonyl (C=O) groups excluding carboxylic acids is 3. The summed E-state index contributed by atoms with van der Waals surface area (Å²) >= 11 is 0. The summed E-state index contributed by atoms with van der Waals surface area (Å²) in [5, 5.41) is 0. The molecule has 1 heterocycles. The first-order valence-electron chi connectivity index (χ1n) is 12.4. The van der Waals surface area contributed by atoms with Gasteiger partial charge >= 0.3 is 0 Å². The number of piperazine rings is 1. The Hall–Kier alpha value is -3.77. The maximum absolute atomic E-state index is 13.6. The van der Waals surface area contributed by atoms with E-state index in [4.69, 9.17) is 4.74 Å². The Bertz CT molecular complexity index is 1230. The first-order valence-corrected chi connectivity index (χ1v) is 12.4. The van der Waals surface area contributed by atoms with Crippen LogP contribution in [0.15, 0.2) is 78.9 Å². The normalized spacial score (nSPS) is 17.2. The summed E-state index contributed by atoms with van der Waals surface area (Å²) in [6.07, 6.45) is 0.212. The molecule has 5 rings (SSSR count). The lowest BCUT2D eigenvalue weighted by Crippen LogP contribution is -2.47. The molecule has 1 saturated heterocycles. The third-order valence-corrected chi connectivity index (χ3v) is 7.44. The van der Waals surface area contributed by atoms with Crippen molar-refractivity contribution < 1.29 is 19.1 Å². The summed E-state index contributed by atoms with van der Waals surface area (Å²) in [5.41, 5.74) is 1.11. The molecule has 0 amide bonds. The quantitative estimate of drug-likeness (QED) is 0.449. The zero-order valence-corrected chi connectivity index (χ0v) is 20.5. The molecule has 0 aromatic heterocycles. The van der Waals surface area contributed by atoms with Crippen LogP contribution in [0.4, 0.5) is 5.69 Å². The van der Waals surface area contributed by atoms with Gasteiger partial charge in [-0.1, -0.05) is 54.6 Å². The maximum Gasteiger partial charge on any atom is 0.182 e. The molecule has 3 aromatic carbocycles. The van der Waals surface area contributed by atoms with E-state index in [0.29, 0.717) is 29.7 Å². The number of hydrogen-bond acceptors (Lipinski definition) is 6. The standard InChI is InChI=1S/C30H30N2O4/c1-36-25-13-11-23(12-14-25)32-19-17-31(18-20-32)16-15-24(33)21-30(22-7-3-2-4-8-22)28(34)26-9-5-6-10-27(26)29(30)35/h2-14H,15-21H2,1H3. The molecular formula is C30H30N2O4. The van der Waals surface area contributed by atoms with Gasteiger partial charge in [0, 0.05) is 62.4 Å². The second kappa shape index (κ2) is 10.1. The molecule has 0 saturated carbocycles. The molecule has 184 valence electrons. The lowest BCUT2D eigenvalue weighted by atomic mass is 9.72. The van der Waals surface area contributed by atoms with Gasteiger partial charge in [0.05, 0.1) is 7.11 Å². The summed E-state index contributed by atoms with van der Waals surface area (Å²) in [4.78, 5) is 45.0. The van der Waals surface area contributed by atoms with E-state index in [2.05, 4.69) is 21.9 Å². The molecule has 0 spiro atoms. The molecule has 1 aliphatic carbocycles. The summed E-state index contributed by atoms with van der Waals surface area (Å²) in [6, 6.07) is 24.0. The van der Waals surface area contributed by atoms with Gasteiger partial charge in [-0.3, -0.25) is 19.3 Å². The Kier molecular flexibility index (Phi) is 6.70. The SMILES string of the molecule is COc1ccc(N2CCN(CCC(=O)CC3(c4ccccc4)C(=O)c4ccccc4C3=O)CC2)cc1. The Morgan fingerprint density at radius 1 is 0.806 bits per heavy atom. The van der Waals surface area contributed by atoms with Crippen LogP contribution in [0.2, 0.25) is 0 Å². The van der Waals surface area contributed by atoms with Gasteiger partial charge in [0.1, 0.15) is 16.9 Å². The van der Waals surface area contributed by atoms with Crippen LogP contribution < -0.4 is 9.64 Å². The number of anilines is 1. The molecule has 6 heteroatoms. The Labute approximate surface area is 211 Å². The first kappa shape index (κ1) is 23.9. The van der Waals surface area contributed by atoms with Crippen LogP contribution in [-0.4, -0.2) is 62.1 Å². The Morgan fingerprint density at radius 2 is 1.39 bits per heavy atom. The average Bonchev–Trinajstić information content (AvgIpc) is 3.15. The fourth-order valence-electron chi connectivity index (χ4n) is 5.38. The van der Waals surface area contributed by atoms with Gasteiger partial charge in [0.2, 0.25) is 0 Å². The number of methoxy groups -OCH3 is 1. The van der Waals surface area contributed by atoms with Crippen LogP contribution in [0.5, 0.6) is 5.75 Å². The maximum atomic E-state index is 13.6. The van der Waals surface area contributed by atoms with Gasteiger partial charge in [-0.15, -0.1) is 0 Å². The number of ketones is 3. The van der Waals surface area contributed by atoms with E-state index in [1.807, 2.05) is 30.3 Å². The predicted octanol–water partition coefficient (Wildman–Crippen LogP) is 4.18. The number of fused-ring (bicyclic) bond motifs is 1. The molecule has 0 bridgehead atoms. The summed E-state index contributed by atoms with van der Waals surface area (Å²) in [7, 11) is 1.66. The first-order chi connectivity index (χ1) is 17.5. The molecule has 0 radical (unpaired) electrons. The van der Waals surface area contributed by atoms with E-state index in [9.17, 15) is 14.4 Å². The summed E-state index contributed by atoms with van der Waals surface area (Å²) < 4.78 is 5.24. The van der Waals surface area contributed by atoms with Crippen LogP contribution in [0.3, 0.4) is 0 Å². The number of carbonyl (C=O) groups is 3. The van der Waals surface area contributed by atoms with E-state index < -0.39 is 5.41 Å². The van der Waals surface area contributed by atoms with E-state index in [-0.39, 0.29) is 23.8 Å².